The highest BCUT2D eigenvalue weighted by Gasteiger charge is 2.24. The molecule has 3 atom stereocenters. The van der Waals surface area contributed by atoms with E-state index in [0.29, 0.717) is 0 Å². The van der Waals surface area contributed by atoms with Crippen LogP contribution in [0.2, 0.25) is 0 Å². The van der Waals surface area contributed by atoms with Crippen LogP contribution in [0.25, 0.3) is 27.8 Å². The van der Waals surface area contributed by atoms with Crippen LogP contribution >= 0.6 is 0 Å². The van der Waals surface area contributed by atoms with E-state index in [-0.39, 0.29) is 12.0 Å². The third kappa shape index (κ3) is 6.53. The highest BCUT2D eigenvalue weighted by molar-refractivity contribution is 6.06. The van der Waals surface area contributed by atoms with Crippen LogP contribution in [-0.2, 0) is 0 Å². The zero-order valence-corrected chi connectivity index (χ0v) is 26.4. The van der Waals surface area contributed by atoms with E-state index in [4.69, 9.17) is 5.73 Å². The lowest BCUT2D eigenvalue weighted by molar-refractivity contribution is 0.132. The van der Waals surface area contributed by atoms with Gasteiger partial charge in [-0.1, -0.05) is 170 Å². The SMILES string of the molecule is NC(c1ccccc1C1=CC=CCC=C1c1cccc(C(O)[C@H]2C=CC(c3ccccc3)=CC2)c1)c1ccccc1-c1ccccc1. The number of hydrogen-bond donors (Lipinski definition) is 2. The minimum atomic E-state index is -0.605. The van der Waals surface area contributed by atoms with E-state index in [1.807, 2.05) is 18.2 Å². The molecule has 0 amide bonds. The van der Waals surface area contributed by atoms with E-state index in [1.165, 1.54) is 11.1 Å². The maximum Gasteiger partial charge on any atom is 0.0855 e. The van der Waals surface area contributed by atoms with Crippen molar-refractivity contribution in [3.63, 3.8) is 0 Å². The molecule has 0 aromatic heterocycles. The summed E-state index contributed by atoms with van der Waals surface area (Å²) in [5, 5.41) is 11.6. The monoisotopic (exact) mass is 609 g/mol. The van der Waals surface area contributed by atoms with Crippen molar-refractivity contribution in [1.29, 1.82) is 0 Å². The van der Waals surface area contributed by atoms with Gasteiger partial charge in [0.25, 0.3) is 0 Å². The van der Waals surface area contributed by atoms with Crippen molar-refractivity contribution in [1.82, 2.24) is 0 Å². The van der Waals surface area contributed by atoms with Gasteiger partial charge in [0.2, 0.25) is 0 Å². The summed E-state index contributed by atoms with van der Waals surface area (Å²) in [6.45, 7) is 0. The molecular formula is C45H39NO. The van der Waals surface area contributed by atoms with Crippen LogP contribution in [0, 0.1) is 5.92 Å². The molecule has 47 heavy (non-hydrogen) atoms. The fraction of sp³-hybridized carbons (Fsp3) is 0.111. The molecule has 2 unspecified atom stereocenters. The number of nitrogens with two attached hydrogens (primary N) is 1. The highest BCUT2D eigenvalue weighted by Crippen LogP contribution is 2.40. The smallest absolute Gasteiger partial charge is 0.0855 e. The fourth-order valence-corrected chi connectivity index (χ4v) is 6.82. The zero-order chi connectivity index (χ0) is 32.0. The Balaban J connectivity index is 1.20. The van der Waals surface area contributed by atoms with Crippen molar-refractivity contribution in [3.05, 3.63) is 209 Å². The first-order valence-corrected chi connectivity index (χ1v) is 16.5. The molecule has 2 nitrogen and oxygen atoms in total. The molecule has 0 bridgehead atoms. The molecule has 0 fully saturated rings. The largest absolute Gasteiger partial charge is 0.388 e. The Hall–Kier alpha value is -5.28. The second kappa shape index (κ2) is 14.0. The summed E-state index contributed by atoms with van der Waals surface area (Å²) in [7, 11) is 0. The summed E-state index contributed by atoms with van der Waals surface area (Å²) in [6, 6.07) is 45.9. The van der Waals surface area contributed by atoms with E-state index in [0.717, 1.165) is 62.9 Å². The molecule has 5 aromatic rings. The van der Waals surface area contributed by atoms with Gasteiger partial charge in [-0.25, -0.2) is 0 Å². The molecule has 0 heterocycles. The van der Waals surface area contributed by atoms with Crippen molar-refractivity contribution < 1.29 is 5.11 Å². The van der Waals surface area contributed by atoms with Crippen LogP contribution in [0.15, 0.2) is 176 Å². The molecule has 3 N–H and O–H groups in total. The topological polar surface area (TPSA) is 46.2 Å². The average molecular weight is 610 g/mol. The summed E-state index contributed by atoms with van der Waals surface area (Å²) < 4.78 is 0. The lowest BCUT2D eigenvalue weighted by Crippen LogP contribution is -2.15. The molecule has 0 spiro atoms. The average Bonchev–Trinajstić information content (AvgIpc) is 3.41. The minimum absolute atomic E-state index is 0.0147. The summed E-state index contributed by atoms with van der Waals surface area (Å²) in [5.74, 6) is 0.0147. The van der Waals surface area contributed by atoms with Crippen molar-refractivity contribution in [2.75, 3.05) is 0 Å². The number of allylic oxidation sites excluding steroid dienone is 9. The minimum Gasteiger partial charge on any atom is -0.388 e. The Morgan fingerprint density at radius 2 is 1.26 bits per heavy atom. The highest BCUT2D eigenvalue weighted by atomic mass is 16.3. The van der Waals surface area contributed by atoms with Gasteiger partial charge < -0.3 is 10.8 Å². The van der Waals surface area contributed by atoms with Crippen LogP contribution in [-0.4, -0.2) is 5.11 Å². The summed E-state index contributed by atoms with van der Waals surface area (Å²) >= 11 is 0. The van der Waals surface area contributed by atoms with Gasteiger partial charge in [-0.15, -0.1) is 0 Å². The molecule has 0 saturated heterocycles. The van der Waals surface area contributed by atoms with Gasteiger partial charge in [-0.2, -0.15) is 0 Å². The maximum atomic E-state index is 11.6. The molecule has 0 saturated carbocycles. The number of rotatable bonds is 8. The molecule has 7 rings (SSSR count). The van der Waals surface area contributed by atoms with Crippen LogP contribution in [0.5, 0.6) is 0 Å². The number of benzene rings is 5. The maximum absolute atomic E-state index is 11.6. The van der Waals surface area contributed by atoms with Crippen molar-refractivity contribution in [2.24, 2.45) is 11.7 Å². The molecule has 230 valence electrons. The van der Waals surface area contributed by atoms with Crippen LogP contribution in [0.4, 0.5) is 0 Å². The molecule has 2 aliphatic carbocycles. The van der Waals surface area contributed by atoms with Gasteiger partial charge >= 0.3 is 0 Å². The quantitative estimate of drug-likeness (QED) is 0.184. The fourth-order valence-electron chi connectivity index (χ4n) is 6.82. The summed E-state index contributed by atoms with van der Waals surface area (Å²) in [4.78, 5) is 0. The summed E-state index contributed by atoms with van der Waals surface area (Å²) in [5.41, 5.74) is 19.4. The number of hydrogen-bond acceptors (Lipinski definition) is 2. The van der Waals surface area contributed by atoms with E-state index >= 15 is 0 Å². The number of aliphatic hydroxyl groups excluding tert-OH is 1. The van der Waals surface area contributed by atoms with Gasteiger partial charge in [0.05, 0.1) is 12.1 Å². The Morgan fingerprint density at radius 3 is 1.98 bits per heavy atom. The van der Waals surface area contributed by atoms with Crippen LogP contribution in [0.1, 0.15) is 58.4 Å². The van der Waals surface area contributed by atoms with Gasteiger partial charge in [0.1, 0.15) is 0 Å². The molecule has 0 aliphatic heterocycles. The van der Waals surface area contributed by atoms with E-state index in [1.54, 1.807) is 0 Å². The lowest BCUT2D eigenvalue weighted by atomic mass is 9.83. The Bertz CT molecular complexity index is 2010. The first kappa shape index (κ1) is 30.4. The van der Waals surface area contributed by atoms with E-state index in [2.05, 4.69) is 158 Å². The van der Waals surface area contributed by atoms with Crippen LogP contribution < -0.4 is 5.73 Å². The Morgan fingerprint density at radius 1 is 0.617 bits per heavy atom. The van der Waals surface area contributed by atoms with Gasteiger partial charge in [0.15, 0.2) is 0 Å². The van der Waals surface area contributed by atoms with Crippen molar-refractivity contribution in [3.8, 4) is 11.1 Å². The van der Waals surface area contributed by atoms with Crippen molar-refractivity contribution in [2.45, 2.75) is 25.0 Å². The van der Waals surface area contributed by atoms with Gasteiger partial charge in [-0.3, -0.25) is 0 Å². The number of aliphatic hydroxyl groups is 1. The molecular weight excluding hydrogens is 571 g/mol. The third-order valence-corrected chi connectivity index (χ3v) is 9.30. The molecule has 5 aromatic carbocycles. The zero-order valence-electron chi connectivity index (χ0n) is 26.4. The second-order valence-electron chi connectivity index (χ2n) is 12.2. The van der Waals surface area contributed by atoms with Gasteiger partial charge in [0, 0.05) is 5.92 Å². The molecule has 2 aliphatic rings. The van der Waals surface area contributed by atoms with Gasteiger partial charge in [-0.05, 0) is 80.1 Å². The lowest BCUT2D eigenvalue weighted by Gasteiger charge is -2.24. The van der Waals surface area contributed by atoms with Crippen LogP contribution in [0.3, 0.4) is 0 Å². The predicted octanol–water partition coefficient (Wildman–Crippen LogP) is 10.5. The predicted molar refractivity (Wildman–Crippen MR) is 197 cm³/mol. The van der Waals surface area contributed by atoms with E-state index < -0.39 is 6.10 Å². The normalized spacial score (nSPS) is 17.2. The van der Waals surface area contributed by atoms with Crippen molar-refractivity contribution >= 4 is 16.7 Å². The summed E-state index contributed by atoms with van der Waals surface area (Å²) in [6.07, 6.45) is 16.4. The molecule has 0 radical (unpaired) electrons. The molecule has 2 heteroatoms. The second-order valence-corrected chi connectivity index (χ2v) is 12.2. The Labute approximate surface area is 278 Å². The first-order valence-electron chi connectivity index (χ1n) is 16.5. The Kier molecular flexibility index (Phi) is 9.05. The van der Waals surface area contributed by atoms with E-state index in [9.17, 15) is 5.11 Å². The first-order chi connectivity index (χ1) is 23.2. The third-order valence-electron chi connectivity index (χ3n) is 9.30. The standard InChI is InChI=1S/C45H39NO/c46-44(42-25-12-10-22-38(42)34-17-6-2-7-18-34)43-26-13-11-24-41(43)40-23-9-3-8-21-39(40)36-19-14-20-37(31-36)45(47)35-29-27-33(28-30-35)32-15-4-1-5-16-32/h1-7,9-29,31,35,44-45,47H,8,30,46H2/t35-,44?,45?/m0/s1.